The van der Waals surface area contributed by atoms with Crippen LogP contribution in [0, 0.1) is 0 Å². The molecule has 0 aliphatic carbocycles. The number of carbonyl (C=O) groups is 1. The van der Waals surface area contributed by atoms with Crippen molar-refractivity contribution in [2.75, 3.05) is 6.61 Å². The van der Waals surface area contributed by atoms with Crippen molar-refractivity contribution in [2.24, 2.45) is 7.05 Å². The first-order chi connectivity index (χ1) is 10.0. The number of carbonyl (C=O) groups excluding carboxylic acids is 1. The zero-order valence-corrected chi connectivity index (χ0v) is 12.0. The number of nitrogens with zero attached hydrogens (tertiary/aromatic N) is 2. The second kappa shape index (κ2) is 6.51. The highest BCUT2D eigenvalue weighted by Gasteiger charge is 2.16. The van der Waals surface area contributed by atoms with E-state index in [0.29, 0.717) is 5.02 Å². The fraction of sp³-hybridized carbons (Fsp3) is 0.214. The zero-order valence-electron chi connectivity index (χ0n) is 11.3. The van der Waals surface area contributed by atoms with Crippen molar-refractivity contribution in [2.45, 2.75) is 6.04 Å². The van der Waals surface area contributed by atoms with Crippen LogP contribution >= 0.6 is 11.6 Å². The topological polar surface area (TPSA) is 84.2 Å². The predicted octanol–water partition coefficient (Wildman–Crippen LogP) is 0.897. The molecule has 7 heteroatoms. The van der Waals surface area contributed by atoms with Gasteiger partial charge in [0.25, 0.3) is 11.5 Å². The van der Waals surface area contributed by atoms with Crippen LogP contribution in [-0.2, 0) is 7.05 Å². The van der Waals surface area contributed by atoms with E-state index in [1.54, 1.807) is 24.3 Å². The lowest BCUT2D eigenvalue weighted by Gasteiger charge is -2.16. The second-order valence-electron chi connectivity index (χ2n) is 4.44. The van der Waals surface area contributed by atoms with E-state index in [4.69, 9.17) is 11.6 Å². The first kappa shape index (κ1) is 15.2. The number of aliphatic hydroxyl groups excluding tert-OH is 1. The Morgan fingerprint density at radius 2 is 2.00 bits per heavy atom. The van der Waals surface area contributed by atoms with E-state index in [9.17, 15) is 14.7 Å². The number of nitrogens with one attached hydrogen (secondary N) is 1. The van der Waals surface area contributed by atoms with E-state index in [1.807, 2.05) is 0 Å². The van der Waals surface area contributed by atoms with Gasteiger partial charge in [0, 0.05) is 18.1 Å². The third-order valence-electron chi connectivity index (χ3n) is 2.95. The van der Waals surface area contributed by atoms with Crippen molar-refractivity contribution < 1.29 is 9.90 Å². The maximum absolute atomic E-state index is 12.1. The molecule has 1 aromatic heterocycles. The Hall–Kier alpha value is -2.18. The summed E-state index contributed by atoms with van der Waals surface area (Å²) in [7, 11) is 1.46. The number of hydrogen-bond donors (Lipinski definition) is 2. The lowest BCUT2D eigenvalue weighted by molar-refractivity contribution is 0.0909. The summed E-state index contributed by atoms with van der Waals surface area (Å²) >= 11 is 5.80. The summed E-state index contributed by atoms with van der Waals surface area (Å²) in [5, 5.41) is 16.5. The number of aromatic nitrogens is 2. The lowest BCUT2D eigenvalue weighted by atomic mass is 10.1. The second-order valence-corrected chi connectivity index (χ2v) is 4.88. The minimum Gasteiger partial charge on any atom is -0.394 e. The molecule has 0 saturated heterocycles. The van der Waals surface area contributed by atoms with E-state index in [2.05, 4.69) is 10.4 Å². The van der Waals surface area contributed by atoms with Gasteiger partial charge in [-0.1, -0.05) is 23.7 Å². The number of rotatable bonds is 4. The fourth-order valence-electron chi connectivity index (χ4n) is 1.79. The Kier molecular flexibility index (Phi) is 4.72. The molecule has 1 amide bonds. The van der Waals surface area contributed by atoms with Gasteiger partial charge in [-0.25, -0.2) is 4.68 Å². The molecule has 0 saturated carbocycles. The highest BCUT2D eigenvalue weighted by atomic mass is 35.5. The predicted molar refractivity (Wildman–Crippen MR) is 78.2 cm³/mol. The summed E-state index contributed by atoms with van der Waals surface area (Å²) in [6, 6.07) is 8.82. The van der Waals surface area contributed by atoms with Crippen molar-refractivity contribution in [3.63, 3.8) is 0 Å². The maximum atomic E-state index is 12.1. The van der Waals surface area contributed by atoms with E-state index >= 15 is 0 Å². The van der Waals surface area contributed by atoms with Crippen LogP contribution < -0.4 is 10.9 Å². The van der Waals surface area contributed by atoms with Crippen LogP contribution in [-0.4, -0.2) is 27.4 Å². The van der Waals surface area contributed by atoms with Crippen molar-refractivity contribution in [1.29, 1.82) is 0 Å². The van der Waals surface area contributed by atoms with Gasteiger partial charge in [-0.05, 0) is 23.8 Å². The summed E-state index contributed by atoms with van der Waals surface area (Å²) in [6.45, 7) is -0.265. The molecule has 1 aromatic carbocycles. The van der Waals surface area contributed by atoms with E-state index in [1.165, 1.54) is 19.2 Å². The number of amides is 1. The molecule has 2 aromatic rings. The van der Waals surface area contributed by atoms with Crippen LogP contribution in [0.2, 0.25) is 5.02 Å². The molecule has 0 fully saturated rings. The third-order valence-corrected chi connectivity index (χ3v) is 3.21. The van der Waals surface area contributed by atoms with Gasteiger partial charge in [-0.2, -0.15) is 5.10 Å². The molecule has 0 bridgehead atoms. The summed E-state index contributed by atoms with van der Waals surface area (Å²) in [5.41, 5.74) is 0.521. The molecule has 0 aliphatic rings. The van der Waals surface area contributed by atoms with Gasteiger partial charge in [0.15, 0.2) is 0 Å². The fourth-order valence-corrected chi connectivity index (χ4v) is 1.91. The van der Waals surface area contributed by atoms with Crippen molar-refractivity contribution in [3.8, 4) is 0 Å². The Labute approximate surface area is 126 Å². The maximum Gasteiger partial charge on any atom is 0.272 e. The third kappa shape index (κ3) is 3.68. The molecule has 110 valence electrons. The standard InChI is InChI=1S/C14H14ClN3O3/c1-18-13(20)7-6-11(17-18)14(21)16-12(8-19)9-2-4-10(15)5-3-9/h2-7,12,19H,8H2,1H3,(H,16,21). The van der Waals surface area contributed by atoms with E-state index in [-0.39, 0.29) is 17.9 Å². The van der Waals surface area contributed by atoms with Gasteiger partial charge in [-0.3, -0.25) is 9.59 Å². The summed E-state index contributed by atoms with van der Waals surface area (Å²) in [5.74, 6) is -0.473. The first-order valence-electron chi connectivity index (χ1n) is 6.23. The molecule has 0 radical (unpaired) electrons. The minimum absolute atomic E-state index is 0.101. The molecule has 0 aliphatic heterocycles. The highest BCUT2D eigenvalue weighted by molar-refractivity contribution is 6.30. The van der Waals surface area contributed by atoms with Gasteiger partial charge in [0.2, 0.25) is 0 Å². The lowest BCUT2D eigenvalue weighted by Crippen LogP contribution is -2.33. The largest absolute Gasteiger partial charge is 0.394 e. The van der Waals surface area contributed by atoms with Crippen molar-refractivity contribution in [1.82, 2.24) is 15.1 Å². The molecule has 1 heterocycles. The van der Waals surface area contributed by atoms with Crippen LogP contribution in [0.15, 0.2) is 41.2 Å². The van der Waals surface area contributed by atoms with Gasteiger partial charge in [0.1, 0.15) is 5.69 Å². The van der Waals surface area contributed by atoms with Crippen molar-refractivity contribution in [3.05, 3.63) is 63.0 Å². The molecule has 21 heavy (non-hydrogen) atoms. The van der Waals surface area contributed by atoms with Gasteiger partial charge in [0.05, 0.1) is 12.6 Å². The van der Waals surface area contributed by atoms with E-state index in [0.717, 1.165) is 10.2 Å². The Balaban J connectivity index is 2.17. The Morgan fingerprint density at radius 1 is 1.33 bits per heavy atom. The molecule has 1 unspecified atom stereocenters. The number of halogens is 1. The molecule has 2 N–H and O–H groups in total. The monoisotopic (exact) mass is 307 g/mol. The van der Waals surface area contributed by atoms with Crippen LogP contribution in [0.5, 0.6) is 0 Å². The summed E-state index contributed by atoms with van der Waals surface area (Å²) in [4.78, 5) is 23.3. The number of hydrogen-bond acceptors (Lipinski definition) is 4. The Morgan fingerprint density at radius 3 is 2.57 bits per heavy atom. The number of benzene rings is 1. The van der Waals surface area contributed by atoms with Crippen LogP contribution in [0.1, 0.15) is 22.1 Å². The first-order valence-corrected chi connectivity index (χ1v) is 6.60. The quantitative estimate of drug-likeness (QED) is 0.879. The zero-order chi connectivity index (χ0) is 15.4. The molecule has 2 rings (SSSR count). The summed E-state index contributed by atoms with van der Waals surface area (Å²) < 4.78 is 1.07. The average Bonchev–Trinajstić information content (AvgIpc) is 2.48. The van der Waals surface area contributed by atoms with E-state index < -0.39 is 11.9 Å². The van der Waals surface area contributed by atoms with Crippen LogP contribution in [0.25, 0.3) is 0 Å². The molecule has 0 spiro atoms. The van der Waals surface area contributed by atoms with Gasteiger partial charge in [-0.15, -0.1) is 0 Å². The molecule has 6 nitrogen and oxygen atoms in total. The Bertz CT molecular complexity index is 697. The number of aryl methyl sites for hydroxylation is 1. The molecule has 1 atom stereocenters. The van der Waals surface area contributed by atoms with Gasteiger partial charge >= 0.3 is 0 Å². The summed E-state index contributed by atoms with van der Waals surface area (Å²) in [6.07, 6.45) is 0. The smallest absolute Gasteiger partial charge is 0.272 e. The normalized spacial score (nSPS) is 12.0. The van der Waals surface area contributed by atoms with Gasteiger partial charge < -0.3 is 10.4 Å². The van der Waals surface area contributed by atoms with Crippen molar-refractivity contribution >= 4 is 17.5 Å². The van der Waals surface area contributed by atoms with Crippen LogP contribution in [0.4, 0.5) is 0 Å². The SMILES string of the molecule is Cn1nc(C(=O)NC(CO)c2ccc(Cl)cc2)ccc1=O. The highest BCUT2D eigenvalue weighted by Crippen LogP contribution is 2.16. The van der Waals surface area contributed by atoms with Crippen LogP contribution in [0.3, 0.4) is 0 Å². The minimum atomic E-state index is -0.575. The number of aliphatic hydroxyl groups is 1. The molecular formula is C14H14ClN3O3. The average molecular weight is 308 g/mol. The molecular weight excluding hydrogens is 294 g/mol.